The largest absolute Gasteiger partial charge is 0.494 e. The topological polar surface area (TPSA) is 130 Å². The van der Waals surface area contributed by atoms with Crippen molar-refractivity contribution in [2.75, 3.05) is 51.8 Å². The summed E-state index contributed by atoms with van der Waals surface area (Å²) in [5.41, 5.74) is -0.0365. The van der Waals surface area contributed by atoms with Crippen LogP contribution < -0.4 is 15.4 Å². The molecule has 0 aromatic heterocycles. The number of morpholine rings is 1. The van der Waals surface area contributed by atoms with Crippen LogP contribution in [0.4, 0.5) is 11.4 Å². The second kappa shape index (κ2) is 10.1. The highest BCUT2D eigenvalue weighted by molar-refractivity contribution is 6.07. The number of nitrogens with one attached hydrogen (secondary N) is 2. The first-order chi connectivity index (χ1) is 13.0. The van der Waals surface area contributed by atoms with Gasteiger partial charge >= 0.3 is 0 Å². The highest BCUT2D eigenvalue weighted by Gasteiger charge is 2.16. The number of nitro groups is 1. The minimum absolute atomic E-state index is 0.114. The molecule has 0 radical (unpaired) electrons. The van der Waals surface area contributed by atoms with Gasteiger partial charge in [0, 0.05) is 38.4 Å². The Kier molecular flexibility index (Phi) is 7.54. The van der Waals surface area contributed by atoms with Crippen LogP contribution in [0.2, 0.25) is 0 Å². The van der Waals surface area contributed by atoms with Crippen LogP contribution in [-0.2, 0) is 9.53 Å². The molecule has 144 valence electrons. The number of nitrogens with zero attached hydrogens (tertiary/aromatic N) is 3. The minimum Gasteiger partial charge on any atom is -0.494 e. The molecule has 1 aliphatic heterocycles. The second-order valence-electron chi connectivity index (χ2n) is 5.67. The predicted molar refractivity (Wildman–Crippen MR) is 97.2 cm³/mol. The third kappa shape index (κ3) is 5.95. The van der Waals surface area contributed by atoms with Gasteiger partial charge in [0.05, 0.1) is 37.0 Å². The van der Waals surface area contributed by atoms with E-state index < -0.39 is 10.8 Å². The fraction of sp³-hybridized carbons (Fsp3) is 0.412. The number of amides is 1. The number of carbonyl (C=O) groups is 1. The van der Waals surface area contributed by atoms with Crippen molar-refractivity contribution in [2.24, 2.45) is 0 Å². The normalized spacial score (nSPS) is 14.9. The third-order valence-electron chi connectivity index (χ3n) is 3.93. The van der Waals surface area contributed by atoms with E-state index in [0.717, 1.165) is 19.6 Å². The molecule has 27 heavy (non-hydrogen) atoms. The van der Waals surface area contributed by atoms with E-state index in [0.29, 0.717) is 19.8 Å². The molecule has 2 rings (SSSR count). The molecule has 0 unspecified atom stereocenters. The lowest BCUT2D eigenvalue weighted by Crippen LogP contribution is -2.39. The van der Waals surface area contributed by atoms with Crippen LogP contribution >= 0.6 is 0 Å². The summed E-state index contributed by atoms with van der Waals surface area (Å²) >= 11 is 0. The maximum atomic E-state index is 12.3. The zero-order valence-electron chi connectivity index (χ0n) is 14.9. The van der Waals surface area contributed by atoms with Crippen LogP contribution in [0.1, 0.15) is 0 Å². The Morgan fingerprint density at radius 1 is 1.48 bits per heavy atom. The molecule has 0 saturated carbocycles. The van der Waals surface area contributed by atoms with Crippen molar-refractivity contribution in [3.05, 3.63) is 40.1 Å². The van der Waals surface area contributed by atoms with Gasteiger partial charge in [-0.3, -0.25) is 19.8 Å². The fourth-order valence-corrected chi connectivity index (χ4v) is 2.46. The van der Waals surface area contributed by atoms with Crippen molar-refractivity contribution in [2.45, 2.75) is 0 Å². The number of benzene rings is 1. The van der Waals surface area contributed by atoms with Crippen molar-refractivity contribution in [1.82, 2.24) is 10.2 Å². The zero-order valence-corrected chi connectivity index (χ0v) is 14.9. The first-order valence-electron chi connectivity index (χ1n) is 8.32. The molecule has 1 aliphatic rings. The molecule has 1 amide bonds. The molecule has 1 saturated heterocycles. The van der Waals surface area contributed by atoms with E-state index in [9.17, 15) is 20.2 Å². The summed E-state index contributed by atoms with van der Waals surface area (Å²) in [6, 6.07) is 5.63. The van der Waals surface area contributed by atoms with Gasteiger partial charge in [0.1, 0.15) is 17.4 Å². The molecule has 0 bridgehead atoms. The number of hydrogen-bond donors (Lipinski definition) is 2. The van der Waals surface area contributed by atoms with E-state index in [4.69, 9.17) is 9.47 Å². The number of ether oxygens (including phenoxy) is 2. The minimum atomic E-state index is -0.636. The molecule has 0 spiro atoms. The Balaban J connectivity index is 1.94. The SMILES string of the molecule is COc1cc([N+](=O)[O-])ccc1NC(=O)/C(C#N)=C\NCCN1CCOCC1. The van der Waals surface area contributed by atoms with E-state index in [-0.39, 0.29) is 22.7 Å². The van der Waals surface area contributed by atoms with Crippen molar-refractivity contribution in [3.63, 3.8) is 0 Å². The van der Waals surface area contributed by atoms with Gasteiger partial charge in [-0.1, -0.05) is 0 Å². The standard InChI is InChI=1S/C17H21N5O5/c1-26-16-10-14(22(24)25)2-3-15(16)20-17(23)13(11-18)12-19-4-5-21-6-8-27-9-7-21/h2-3,10,12,19H,4-9H2,1H3,(H,20,23)/b13-12-. The number of non-ortho nitro benzene ring substituents is 1. The highest BCUT2D eigenvalue weighted by Crippen LogP contribution is 2.29. The Bertz CT molecular complexity index is 753. The van der Waals surface area contributed by atoms with Gasteiger partial charge < -0.3 is 20.1 Å². The van der Waals surface area contributed by atoms with Crippen LogP contribution in [-0.4, -0.2) is 62.2 Å². The van der Waals surface area contributed by atoms with E-state index in [1.54, 1.807) is 0 Å². The van der Waals surface area contributed by atoms with Gasteiger partial charge in [-0.05, 0) is 6.07 Å². The lowest BCUT2D eigenvalue weighted by molar-refractivity contribution is -0.384. The van der Waals surface area contributed by atoms with Gasteiger partial charge in [0.2, 0.25) is 0 Å². The second-order valence-corrected chi connectivity index (χ2v) is 5.67. The lowest BCUT2D eigenvalue weighted by Gasteiger charge is -2.26. The number of anilines is 1. The summed E-state index contributed by atoms with van der Waals surface area (Å²) in [4.78, 5) is 24.7. The highest BCUT2D eigenvalue weighted by atomic mass is 16.6. The number of nitro benzene ring substituents is 1. The molecule has 2 N–H and O–H groups in total. The maximum Gasteiger partial charge on any atom is 0.273 e. The van der Waals surface area contributed by atoms with E-state index in [1.165, 1.54) is 31.5 Å². The van der Waals surface area contributed by atoms with Gasteiger partial charge in [-0.25, -0.2) is 0 Å². The fourth-order valence-electron chi connectivity index (χ4n) is 2.46. The monoisotopic (exact) mass is 375 g/mol. The number of methoxy groups -OCH3 is 1. The van der Waals surface area contributed by atoms with Gasteiger partial charge in [0.25, 0.3) is 11.6 Å². The Morgan fingerprint density at radius 2 is 2.22 bits per heavy atom. The van der Waals surface area contributed by atoms with Crippen molar-refractivity contribution < 1.29 is 19.2 Å². The van der Waals surface area contributed by atoms with Crippen molar-refractivity contribution in [1.29, 1.82) is 5.26 Å². The smallest absolute Gasteiger partial charge is 0.273 e. The van der Waals surface area contributed by atoms with Gasteiger partial charge in [0.15, 0.2) is 0 Å². The van der Waals surface area contributed by atoms with E-state index in [2.05, 4.69) is 15.5 Å². The number of carbonyl (C=O) groups excluding carboxylic acids is 1. The van der Waals surface area contributed by atoms with Crippen LogP contribution in [0, 0.1) is 21.4 Å². The molecule has 1 fully saturated rings. The molecular weight excluding hydrogens is 354 g/mol. The summed E-state index contributed by atoms with van der Waals surface area (Å²) in [6.45, 7) is 4.49. The van der Waals surface area contributed by atoms with Gasteiger partial charge in [-0.2, -0.15) is 5.26 Å². The molecule has 1 aromatic rings. The van der Waals surface area contributed by atoms with Crippen molar-refractivity contribution in [3.8, 4) is 11.8 Å². The zero-order chi connectivity index (χ0) is 19.6. The lowest BCUT2D eigenvalue weighted by atomic mass is 10.2. The van der Waals surface area contributed by atoms with Gasteiger partial charge in [-0.15, -0.1) is 0 Å². The van der Waals surface area contributed by atoms with E-state index >= 15 is 0 Å². The number of rotatable bonds is 8. The predicted octanol–water partition coefficient (Wildman–Crippen LogP) is 0.871. The first-order valence-corrected chi connectivity index (χ1v) is 8.32. The van der Waals surface area contributed by atoms with Crippen LogP contribution in [0.3, 0.4) is 0 Å². The molecular formula is C17H21N5O5. The first kappa shape index (κ1) is 20.2. The summed E-state index contributed by atoms with van der Waals surface area (Å²) < 4.78 is 10.3. The Hall–Kier alpha value is -3.16. The number of hydrogen-bond acceptors (Lipinski definition) is 8. The van der Waals surface area contributed by atoms with Crippen LogP contribution in [0.25, 0.3) is 0 Å². The summed E-state index contributed by atoms with van der Waals surface area (Å²) in [7, 11) is 1.34. The molecule has 10 nitrogen and oxygen atoms in total. The Labute approximate surface area is 156 Å². The molecule has 1 heterocycles. The van der Waals surface area contributed by atoms with Crippen LogP contribution in [0.5, 0.6) is 5.75 Å². The average molecular weight is 375 g/mol. The van der Waals surface area contributed by atoms with Crippen molar-refractivity contribution >= 4 is 17.3 Å². The summed E-state index contributed by atoms with van der Waals surface area (Å²) in [5.74, 6) is -0.501. The maximum absolute atomic E-state index is 12.3. The van der Waals surface area contributed by atoms with E-state index in [1.807, 2.05) is 6.07 Å². The molecule has 1 aromatic carbocycles. The average Bonchev–Trinajstić information content (AvgIpc) is 2.68. The summed E-state index contributed by atoms with van der Waals surface area (Å²) in [6.07, 6.45) is 1.35. The molecule has 0 atom stereocenters. The quantitative estimate of drug-likeness (QED) is 0.225. The molecule has 0 aliphatic carbocycles. The third-order valence-corrected chi connectivity index (χ3v) is 3.93. The molecule has 10 heteroatoms. The number of nitriles is 1. The summed E-state index contributed by atoms with van der Waals surface area (Å²) in [5, 5.41) is 25.5. The Morgan fingerprint density at radius 3 is 2.85 bits per heavy atom. The van der Waals surface area contributed by atoms with Crippen LogP contribution in [0.15, 0.2) is 30.0 Å².